The Bertz CT molecular complexity index is 861. The topological polar surface area (TPSA) is 84.9 Å². The van der Waals surface area contributed by atoms with Gasteiger partial charge < -0.3 is 19.7 Å². The summed E-state index contributed by atoms with van der Waals surface area (Å²) < 4.78 is 10.2. The van der Waals surface area contributed by atoms with Gasteiger partial charge in [0.05, 0.1) is 13.0 Å². The molecule has 1 atom stereocenters. The van der Waals surface area contributed by atoms with Crippen LogP contribution in [0, 0.1) is 12.8 Å². The average molecular weight is 382 g/mol. The highest BCUT2D eigenvalue weighted by Crippen LogP contribution is 2.27. The summed E-state index contributed by atoms with van der Waals surface area (Å²) in [7, 11) is 1.57. The van der Waals surface area contributed by atoms with E-state index in [1.54, 1.807) is 43.5 Å². The molecular formula is C21H22N2O5. The zero-order valence-electron chi connectivity index (χ0n) is 15.8. The van der Waals surface area contributed by atoms with Crippen LogP contribution in [0.4, 0.5) is 11.4 Å². The number of rotatable bonds is 6. The van der Waals surface area contributed by atoms with E-state index in [0.717, 1.165) is 5.56 Å². The van der Waals surface area contributed by atoms with E-state index in [-0.39, 0.29) is 25.5 Å². The smallest absolute Gasteiger partial charge is 0.311 e. The first-order valence-corrected chi connectivity index (χ1v) is 8.94. The number of aryl methyl sites for hydroxylation is 1. The van der Waals surface area contributed by atoms with Crippen molar-refractivity contribution in [3.05, 3.63) is 54.1 Å². The number of ether oxygens (including phenoxy) is 2. The molecule has 28 heavy (non-hydrogen) atoms. The molecule has 0 spiro atoms. The lowest BCUT2D eigenvalue weighted by Crippen LogP contribution is -2.28. The number of anilines is 2. The highest BCUT2D eigenvalue weighted by Gasteiger charge is 2.36. The number of carbonyl (C=O) groups excluding carboxylic acids is 3. The molecule has 146 valence electrons. The Morgan fingerprint density at radius 2 is 1.79 bits per heavy atom. The van der Waals surface area contributed by atoms with Crippen molar-refractivity contribution in [1.29, 1.82) is 0 Å². The van der Waals surface area contributed by atoms with Crippen LogP contribution in [0.2, 0.25) is 0 Å². The van der Waals surface area contributed by atoms with Gasteiger partial charge >= 0.3 is 5.97 Å². The molecule has 1 fully saturated rings. The molecule has 0 bridgehead atoms. The summed E-state index contributed by atoms with van der Waals surface area (Å²) in [6.45, 7) is 1.79. The van der Waals surface area contributed by atoms with Crippen molar-refractivity contribution in [2.75, 3.05) is 30.5 Å². The number of methoxy groups -OCH3 is 1. The number of amides is 2. The molecule has 1 N–H and O–H groups in total. The summed E-state index contributed by atoms with van der Waals surface area (Å²) in [5, 5.41) is 2.66. The molecule has 7 nitrogen and oxygen atoms in total. The van der Waals surface area contributed by atoms with Gasteiger partial charge in [0.1, 0.15) is 5.75 Å². The van der Waals surface area contributed by atoms with Crippen molar-refractivity contribution in [2.45, 2.75) is 13.3 Å². The molecule has 0 aliphatic carbocycles. The van der Waals surface area contributed by atoms with Crippen LogP contribution in [0.5, 0.6) is 5.75 Å². The fourth-order valence-corrected chi connectivity index (χ4v) is 2.97. The molecule has 2 aromatic carbocycles. The monoisotopic (exact) mass is 382 g/mol. The first-order valence-electron chi connectivity index (χ1n) is 8.94. The van der Waals surface area contributed by atoms with Gasteiger partial charge in [-0.05, 0) is 43.3 Å². The van der Waals surface area contributed by atoms with E-state index < -0.39 is 17.8 Å². The van der Waals surface area contributed by atoms with Crippen molar-refractivity contribution in [2.24, 2.45) is 5.92 Å². The van der Waals surface area contributed by atoms with Crippen LogP contribution in [0.15, 0.2) is 48.5 Å². The lowest BCUT2D eigenvalue weighted by Gasteiger charge is -2.16. The van der Waals surface area contributed by atoms with Gasteiger partial charge in [-0.15, -0.1) is 0 Å². The summed E-state index contributed by atoms with van der Waals surface area (Å²) in [6, 6.07) is 14.3. The highest BCUT2D eigenvalue weighted by molar-refractivity contribution is 6.00. The van der Waals surface area contributed by atoms with Crippen molar-refractivity contribution in [3.8, 4) is 5.75 Å². The Labute approximate surface area is 163 Å². The molecule has 2 aromatic rings. The first-order chi connectivity index (χ1) is 13.5. The normalized spacial score (nSPS) is 16.0. The van der Waals surface area contributed by atoms with Crippen molar-refractivity contribution in [3.63, 3.8) is 0 Å². The number of benzene rings is 2. The van der Waals surface area contributed by atoms with Crippen LogP contribution >= 0.6 is 0 Å². The molecule has 0 aromatic heterocycles. The minimum absolute atomic E-state index is 0.0600. The third-order valence-electron chi connectivity index (χ3n) is 4.52. The maximum Gasteiger partial charge on any atom is 0.311 e. The molecule has 1 aliphatic rings. The predicted octanol–water partition coefficient (Wildman–Crippen LogP) is 2.54. The molecule has 1 heterocycles. The Hall–Kier alpha value is -3.35. The van der Waals surface area contributed by atoms with Crippen LogP contribution in [0.25, 0.3) is 0 Å². The van der Waals surface area contributed by atoms with Crippen LogP contribution in [-0.2, 0) is 19.1 Å². The second kappa shape index (κ2) is 8.56. The van der Waals surface area contributed by atoms with Gasteiger partial charge in [-0.2, -0.15) is 0 Å². The third-order valence-corrected chi connectivity index (χ3v) is 4.52. The predicted molar refractivity (Wildman–Crippen MR) is 104 cm³/mol. The van der Waals surface area contributed by atoms with Crippen molar-refractivity contribution in [1.82, 2.24) is 0 Å². The molecule has 3 rings (SSSR count). The zero-order chi connectivity index (χ0) is 20.1. The van der Waals surface area contributed by atoms with E-state index in [1.807, 2.05) is 19.1 Å². The van der Waals surface area contributed by atoms with Gasteiger partial charge in [-0.3, -0.25) is 14.4 Å². The van der Waals surface area contributed by atoms with Gasteiger partial charge in [0, 0.05) is 24.3 Å². The van der Waals surface area contributed by atoms with Gasteiger partial charge in [-0.1, -0.05) is 17.7 Å². The number of carbonyl (C=O) groups is 3. The fraction of sp³-hybridized carbons (Fsp3) is 0.286. The number of nitrogens with zero attached hydrogens (tertiary/aromatic N) is 1. The molecule has 1 saturated heterocycles. The Morgan fingerprint density at radius 3 is 2.43 bits per heavy atom. The minimum atomic E-state index is -0.596. The maximum absolute atomic E-state index is 12.3. The van der Waals surface area contributed by atoms with E-state index in [2.05, 4.69) is 5.32 Å². The molecule has 1 unspecified atom stereocenters. The second-order valence-electron chi connectivity index (χ2n) is 6.63. The summed E-state index contributed by atoms with van der Waals surface area (Å²) in [5.74, 6) is -1.04. The quantitative estimate of drug-likeness (QED) is 0.776. The maximum atomic E-state index is 12.3. The van der Waals surface area contributed by atoms with E-state index in [9.17, 15) is 14.4 Å². The van der Waals surface area contributed by atoms with E-state index >= 15 is 0 Å². The Morgan fingerprint density at radius 1 is 1.11 bits per heavy atom. The summed E-state index contributed by atoms with van der Waals surface area (Å²) >= 11 is 0. The van der Waals surface area contributed by atoms with Crippen LogP contribution < -0.4 is 15.0 Å². The first kappa shape index (κ1) is 19.4. The largest absolute Gasteiger partial charge is 0.497 e. The number of esters is 1. The Balaban J connectivity index is 1.51. The van der Waals surface area contributed by atoms with Gasteiger partial charge in [0.25, 0.3) is 5.91 Å². The van der Waals surface area contributed by atoms with Gasteiger partial charge in [0.15, 0.2) is 6.61 Å². The van der Waals surface area contributed by atoms with E-state index in [0.29, 0.717) is 17.1 Å². The molecule has 7 heteroatoms. The molecule has 2 amide bonds. The molecular weight excluding hydrogens is 360 g/mol. The number of hydrogen-bond donors (Lipinski definition) is 1. The fourth-order valence-electron chi connectivity index (χ4n) is 2.97. The van der Waals surface area contributed by atoms with Crippen LogP contribution in [-0.4, -0.2) is 38.0 Å². The van der Waals surface area contributed by atoms with Crippen molar-refractivity contribution < 1.29 is 23.9 Å². The summed E-state index contributed by atoms with van der Waals surface area (Å²) in [4.78, 5) is 38.0. The molecule has 0 radical (unpaired) electrons. The average Bonchev–Trinajstić information content (AvgIpc) is 3.10. The molecule has 0 saturated carbocycles. The third kappa shape index (κ3) is 4.68. The van der Waals surface area contributed by atoms with Gasteiger partial charge in [0.2, 0.25) is 5.91 Å². The standard InChI is InChI=1S/C21H22N2O5/c1-14-3-5-16(6-4-14)22-19(24)13-28-21(26)15-11-20(25)23(12-15)17-7-9-18(27-2)10-8-17/h3-10,15H,11-13H2,1-2H3,(H,22,24). The number of nitrogens with one attached hydrogen (secondary N) is 1. The van der Waals surface area contributed by atoms with Crippen LogP contribution in [0.3, 0.4) is 0 Å². The summed E-state index contributed by atoms with van der Waals surface area (Å²) in [6.07, 6.45) is 0.0600. The molecule has 1 aliphatic heterocycles. The SMILES string of the molecule is COc1ccc(N2CC(C(=O)OCC(=O)Nc3ccc(C)cc3)CC2=O)cc1. The Kier molecular flexibility index (Phi) is 5.93. The lowest BCUT2D eigenvalue weighted by atomic mass is 10.1. The van der Waals surface area contributed by atoms with E-state index in [1.165, 1.54) is 4.90 Å². The summed E-state index contributed by atoms with van der Waals surface area (Å²) in [5.41, 5.74) is 2.41. The van der Waals surface area contributed by atoms with Gasteiger partial charge in [-0.25, -0.2) is 0 Å². The van der Waals surface area contributed by atoms with Crippen LogP contribution in [0.1, 0.15) is 12.0 Å². The highest BCUT2D eigenvalue weighted by atomic mass is 16.5. The van der Waals surface area contributed by atoms with Crippen molar-refractivity contribution >= 4 is 29.2 Å². The second-order valence-corrected chi connectivity index (χ2v) is 6.63. The zero-order valence-corrected chi connectivity index (χ0v) is 15.8. The number of hydrogen-bond acceptors (Lipinski definition) is 5. The minimum Gasteiger partial charge on any atom is -0.497 e. The lowest BCUT2D eigenvalue weighted by molar-refractivity contribution is -0.151. The van der Waals surface area contributed by atoms with E-state index in [4.69, 9.17) is 9.47 Å².